The molecule has 0 radical (unpaired) electrons. The minimum atomic E-state index is -0.211. The highest BCUT2D eigenvalue weighted by Gasteiger charge is 2.15. The molecule has 0 aliphatic rings. The first-order valence-electron chi connectivity index (χ1n) is 7.87. The van der Waals surface area contributed by atoms with Crippen molar-refractivity contribution in [3.63, 3.8) is 0 Å². The van der Waals surface area contributed by atoms with Gasteiger partial charge in [0, 0.05) is 31.0 Å². The van der Waals surface area contributed by atoms with Crippen molar-refractivity contribution in [3.8, 4) is 0 Å². The van der Waals surface area contributed by atoms with Gasteiger partial charge in [0.05, 0.1) is 12.0 Å². The first kappa shape index (κ1) is 15.9. The second kappa shape index (κ2) is 6.66. The molecule has 3 rings (SSSR count). The highest BCUT2D eigenvalue weighted by Crippen LogP contribution is 2.11. The van der Waals surface area contributed by atoms with Gasteiger partial charge in [0.1, 0.15) is 11.3 Å². The van der Waals surface area contributed by atoms with Gasteiger partial charge in [-0.15, -0.1) is 0 Å². The van der Waals surface area contributed by atoms with Gasteiger partial charge < -0.3 is 5.32 Å². The Hall–Kier alpha value is -2.96. The maximum Gasteiger partial charge on any atom is 0.270 e. The molecule has 0 saturated heterocycles. The molecule has 0 unspecified atom stereocenters. The zero-order valence-corrected chi connectivity index (χ0v) is 13.7. The standard InChI is InChI=1S/C17H19N5O2/c1-3-13-10-15(23)21(11-19-13)9-7-18-17(24)16-12(2)20-14-6-4-5-8-22(14)16/h4-6,8,10-11H,3,7,9H2,1-2H3,(H,18,24). The van der Waals surface area contributed by atoms with Crippen molar-refractivity contribution < 1.29 is 4.79 Å². The Morgan fingerprint density at radius 3 is 2.92 bits per heavy atom. The highest BCUT2D eigenvalue weighted by molar-refractivity contribution is 5.94. The zero-order valence-electron chi connectivity index (χ0n) is 13.7. The molecule has 3 aromatic rings. The number of amides is 1. The quantitative estimate of drug-likeness (QED) is 0.764. The number of aromatic nitrogens is 4. The van der Waals surface area contributed by atoms with Crippen LogP contribution in [0.15, 0.2) is 41.6 Å². The van der Waals surface area contributed by atoms with E-state index in [1.807, 2.05) is 31.3 Å². The van der Waals surface area contributed by atoms with Gasteiger partial charge in [-0.05, 0) is 25.5 Å². The molecule has 0 aliphatic carbocycles. The molecule has 24 heavy (non-hydrogen) atoms. The maximum absolute atomic E-state index is 12.4. The first-order chi connectivity index (χ1) is 11.6. The number of imidazole rings is 1. The number of aryl methyl sites for hydroxylation is 2. The monoisotopic (exact) mass is 325 g/mol. The summed E-state index contributed by atoms with van der Waals surface area (Å²) in [5.41, 5.74) is 2.57. The number of hydrogen-bond acceptors (Lipinski definition) is 4. The average Bonchev–Trinajstić information content (AvgIpc) is 2.91. The van der Waals surface area contributed by atoms with E-state index in [0.29, 0.717) is 24.5 Å². The van der Waals surface area contributed by atoms with E-state index < -0.39 is 0 Å². The van der Waals surface area contributed by atoms with Gasteiger partial charge in [-0.3, -0.25) is 18.6 Å². The third kappa shape index (κ3) is 3.05. The van der Waals surface area contributed by atoms with Crippen LogP contribution in [0.5, 0.6) is 0 Å². The fraction of sp³-hybridized carbons (Fsp3) is 0.294. The number of hydrogen-bond donors (Lipinski definition) is 1. The molecule has 0 aromatic carbocycles. The summed E-state index contributed by atoms with van der Waals surface area (Å²) in [5.74, 6) is -0.211. The van der Waals surface area contributed by atoms with E-state index in [1.165, 1.54) is 17.0 Å². The van der Waals surface area contributed by atoms with Gasteiger partial charge in [0.15, 0.2) is 0 Å². The number of carbonyl (C=O) groups excluding carboxylic acids is 1. The zero-order chi connectivity index (χ0) is 17.1. The normalized spacial score (nSPS) is 10.9. The molecular weight excluding hydrogens is 306 g/mol. The van der Waals surface area contributed by atoms with E-state index >= 15 is 0 Å². The van der Waals surface area contributed by atoms with Gasteiger partial charge in [0.25, 0.3) is 11.5 Å². The summed E-state index contributed by atoms with van der Waals surface area (Å²) in [6, 6.07) is 7.11. The molecule has 0 fully saturated rings. The summed E-state index contributed by atoms with van der Waals surface area (Å²) in [7, 11) is 0. The molecule has 0 spiro atoms. The lowest BCUT2D eigenvalue weighted by molar-refractivity contribution is 0.0945. The van der Waals surface area contributed by atoms with Gasteiger partial charge in [-0.25, -0.2) is 9.97 Å². The van der Waals surface area contributed by atoms with Crippen LogP contribution in [0.1, 0.15) is 28.8 Å². The van der Waals surface area contributed by atoms with Crippen LogP contribution < -0.4 is 10.9 Å². The fourth-order valence-electron chi connectivity index (χ4n) is 2.59. The van der Waals surface area contributed by atoms with E-state index in [-0.39, 0.29) is 11.5 Å². The van der Waals surface area contributed by atoms with Gasteiger partial charge >= 0.3 is 0 Å². The molecule has 3 aromatic heterocycles. The van der Waals surface area contributed by atoms with Gasteiger partial charge in [-0.2, -0.15) is 0 Å². The van der Waals surface area contributed by atoms with E-state index in [2.05, 4.69) is 15.3 Å². The summed E-state index contributed by atoms with van der Waals surface area (Å²) in [6.07, 6.45) is 4.05. The number of fused-ring (bicyclic) bond motifs is 1. The molecule has 3 heterocycles. The topological polar surface area (TPSA) is 81.3 Å². The third-order valence-electron chi connectivity index (χ3n) is 3.86. The Morgan fingerprint density at radius 1 is 1.33 bits per heavy atom. The largest absolute Gasteiger partial charge is 0.349 e. The van der Waals surface area contributed by atoms with E-state index in [1.54, 1.807) is 11.3 Å². The SMILES string of the molecule is CCc1cc(=O)n(CCNC(=O)c2c(C)nc3ccccn23)cn1. The maximum atomic E-state index is 12.4. The van der Waals surface area contributed by atoms with E-state index in [0.717, 1.165) is 17.8 Å². The molecule has 0 saturated carbocycles. The number of nitrogens with zero attached hydrogens (tertiary/aromatic N) is 4. The fourth-order valence-corrected chi connectivity index (χ4v) is 2.59. The Kier molecular flexibility index (Phi) is 4.41. The lowest BCUT2D eigenvalue weighted by Gasteiger charge is -2.08. The summed E-state index contributed by atoms with van der Waals surface area (Å²) in [4.78, 5) is 32.9. The number of rotatable bonds is 5. The second-order valence-electron chi connectivity index (χ2n) is 5.50. The second-order valence-corrected chi connectivity index (χ2v) is 5.50. The van der Waals surface area contributed by atoms with Crippen molar-refractivity contribution in [2.45, 2.75) is 26.8 Å². The van der Waals surface area contributed by atoms with Crippen LogP contribution in [0.3, 0.4) is 0 Å². The minimum absolute atomic E-state index is 0.109. The van der Waals surface area contributed by atoms with Crippen molar-refractivity contribution in [1.82, 2.24) is 24.3 Å². The Labute approximate surface area is 139 Å². The van der Waals surface area contributed by atoms with Crippen molar-refractivity contribution in [2.75, 3.05) is 6.54 Å². The molecular formula is C17H19N5O2. The van der Waals surface area contributed by atoms with Gasteiger partial charge in [0.2, 0.25) is 0 Å². The summed E-state index contributed by atoms with van der Waals surface area (Å²) >= 11 is 0. The molecule has 0 aliphatic heterocycles. The van der Waals surface area contributed by atoms with Crippen LogP contribution in [-0.2, 0) is 13.0 Å². The molecule has 0 bridgehead atoms. The summed E-state index contributed by atoms with van der Waals surface area (Å²) in [6.45, 7) is 4.47. The smallest absolute Gasteiger partial charge is 0.270 e. The summed E-state index contributed by atoms with van der Waals surface area (Å²) < 4.78 is 3.25. The predicted octanol–water partition coefficient (Wildman–Crippen LogP) is 1.19. The Morgan fingerprint density at radius 2 is 2.17 bits per heavy atom. The molecule has 124 valence electrons. The van der Waals surface area contributed by atoms with E-state index in [4.69, 9.17) is 0 Å². The van der Waals surface area contributed by atoms with E-state index in [9.17, 15) is 9.59 Å². The summed E-state index contributed by atoms with van der Waals surface area (Å²) in [5, 5.41) is 2.84. The molecule has 1 amide bonds. The minimum Gasteiger partial charge on any atom is -0.349 e. The predicted molar refractivity (Wildman–Crippen MR) is 90.1 cm³/mol. The van der Waals surface area contributed by atoms with Crippen molar-refractivity contribution in [3.05, 3.63) is 64.2 Å². The highest BCUT2D eigenvalue weighted by atomic mass is 16.2. The van der Waals surface area contributed by atoms with Crippen LogP contribution in [0, 0.1) is 6.92 Å². The van der Waals surface area contributed by atoms with Crippen LogP contribution >= 0.6 is 0 Å². The molecule has 1 N–H and O–H groups in total. The van der Waals surface area contributed by atoms with Crippen LogP contribution in [-0.4, -0.2) is 31.4 Å². The van der Waals surface area contributed by atoms with Crippen LogP contribution in [0.25, 0.3) is 5.65 Å². The number of carbonyl (C=O) groups is 1. The Bertz CT molecular complexity index is 942. The lowest BCUT2D eigenvalue weighted by Crippen LogP contribution is -2.31. The number of nitrogens with one attached hydrogen (secondary N) is 1. The van der Waals surface area contributed by atoms with Crippen LogP contribution in [0.4, 0.5) is 0 Å². The molecule has 7 nitrogen and oxygen atoms in total. The number of pyridine rings is 1. The Balaban J connectivity index is 1.69. The first-order valence-corrected chi connectivity index (χ1v) is 7.87. The van der Waals surface area contributed by atoms with Crippen molar-refractivity contribution in [1.29, 1.82) is 0 Å². The lowest BCUT2D eigenvalue weighted by atomic mass is 10.3. The van der Waals surface area contributed by atoms with Gasteiger partial charge in [-0.1, -0.05) is 13.0 Å². The molecule has 0 atom stereocenters. The van der Waals surface area contributed by atoms with Crippen LogP contribution in [0.2, 0.25) is 0 Å². The average molecular weight is 325 g/mol. The third-order valence-corrected chi connectivity index (χ3v) is 3.86. The van der Waals surface area contributed by atoms with Crippen molar-refractivity contribution >= 4 is 11.6 Å². The van der Waals surface area contributed by atoms with Crippen molar-refractivity contribution in [2.24, 2.45) is 0 Å². The molecule has 7 heteroatoms.